The zero-order valence-corrected chi connectivity index (χ0v) is 8.97. The van der Waals surface area contributed by atoms with Gasteiger partial charge < -0.3 is 10.0 Å². The van der Waals surface area contributed by atoms with Crippen LogP contribution in [0.25, 0.3) is 0 Å². The van der Waals surface area contributed by atoms with Crippen molar-refractivity contribution in [2.75, 3.05) is 27.2 Å². The molecule has 0 rings (SSSR count). The first kappa shape index (κ1) is 13.1. The van der Waals surface area contributed by atoms with Gasteiger partial charge in [-0.3, -0.25) is 0 Å². The molecule has 0 aliphatic carbocycles. The Balaban J connectivity index is 3.72. The van der Waals surface area contributed by atoms with Crippen LogP contribution in [0.1, 0.15) is 6.42 Å². The van der Waals surface area contributed by atoms with Crippen LogP contribution in [0.4, 0.5) is 4.79 Å². The van der Waals surface area contributed by atoms with Crippen LogP contribution in [0.15, 0.2) is 0 Å². The normalized spacial score (nSPS) is 11.6. The molecular formula is C6H15N3O4S. The molecule has 14 heavy (non-hydrogen) atoms. The lowest BCUT2D eigenvalue weighted by molar-refractivity contribution is 0.201. The highest BCUT2D eigenvalue weighted by atomic mass is 32.2. The molecule has 0 bridgehead atoms. The van der Waals surface area contributed by atoms with Crippen LogP contribution in [0.2, 0.25) is 0 Å². The fourth-order valence-electron chi connectivity index (χ4n) is 0.753. The van der Waals surface area contributed by atoms with E-state index in [-0.39, 0.29) is 6.54 Å². The zero-order valence-electron chi connectivity index (χ0n) is 8.15. The number of amides is 1. The maximum Gasteiger partial charge on any atom is 0.419 e. The molecule has 0 fully saturated rings. The summed E-state index contributed by atoms with van der Waals surface area (Å²) in [5, 5.41) is 8.16. The van der Waals surface area contributed by atoms with Crippen molar-refractivity contribution in [2.45, 2.75) is 6.42 Å². The van der Waals surface area contributed by atoms with Crippen LogP contribution in [-0.2, 0) is 10.2 Å². The molecule has 0 aliphatic rings. The van der Waals surface area contributed by atoms with Crippen LogP contribution in [0.3, 0.4) is 0 Å². The summed E-state index contributed by atoms with van der Waals surface area (Å²) in [6.45, 7) is 0.941. The molecule has 84 valence electrons. The van der Waals surface area contributed by atoms with Gasteiger partial charge in [0.15, 0.2) is 0 Å². The van der Waals surface area contributed by atoms with Crippen LogP contribution in [0.5, 0.6) is 0 Å². The molecule has 0 radical (unpaired) electrons. The molecule has 0 unspecified atom stereocenters. The van der Waals surface area contributed by atoms with Gasteiger partial charge in [0.1, 0.15) is 0 Å². The molecule has 0 atom stereocenters. The highest BCUT2D eigenvalue weighted by Crippen LogP contribution is 1.83. The van der Waals surface area contributed by atoms with Gasteiger partial charge in [-0.1, -0.05) is 0 Å². The van der Waals surface area contributed by atoms with E-state index in [1.54, 1.807) is 0 Å². The van der Waals surface area contributed by atoms with E-state index in [4.69, 9.17) is 5.11 Å². The SMILES string of the molecule is CN(C)CCCNS(=O)(=O)NC(=O)O. The Bertz CT molecular complexity index is 275. The highest BCUT2D eigenvalue weighted by Gasteiger charge is 2.11. The van der Waals surface area contributed by atoms with Crippen molar-refractivity contribution in [3.05, 3.63) is 0 Å². The standard InChI is InChI=1S/C6H15N3O4S/c1-9(2)5-3-4-7-14(12,13)8-6(10)11/h7-8H,3-5H2,1-2H3,(H,10,11). The fraction of sp³-hybridized carbons (Fsp3) is 0.833. The van der Waals surface area contributed by atoms with Crippen molar-refractivity contribution < 1.29 is 18.3 Å². The number of hydrogen-bond donors (Lipinski definition) is 3. The van der Waals surface area contributed by atoms with Gasteiger partial charge in [-0.05, 0) is 27.1 Å². The lowest BCUT2D eigenvalue weighted by atomic mass is 10.4. The molecule has 0 aromatic rings. The fourth-order valence-corrected chi connectivity index (χ4v) is 1.47. The van der Waals surface area contributed by atoms with Crippen molar-refractivity contribution >= 4 is 16.3 Å². The number of rotatable bonds is 6. The Morgan fingerprint density at radius 3 is 2.43 bits per heavy atom. The first-order chi connectivity index (χ1) is 6.33. The Hall–Kier alpha value is -0.860. The van der Waals surface area contributed by atoms with E-state index in [0.29, 0.717) is 6.42 Å². The van der Waals surface area contributed by atoms with Gasteiger partial charge in [-0.15, -0.1) is 0 Å². The van der Waals surface area contributed by atoms with E-state index in [9.17, 15) is 13.2 Å². The highest BCUT2D eigenvalue weighted by molar-refractivity contribution is 7.88. The number of carbonyl (C=O) groups is 1. The van der Waals surface area contributed by atoms with Crippen molar-refractivity contribution in [3.63, 3.8) is 0 Å². The summed E-state index contributed by atoms with van der Waals surface area (Å²) in [6, 6.07) is 0. The number of nitrogens with one attached hydrogen (secondary N) is 2. The van der Waals surface area contributed by atoms with Gasteiger partial charge in [-0.25, -0.2) is 9.52 Å². The van der Waals surface area contributed by atoms with Crippen LogP contribution in [0, 0.1) is 0 Å². The van der Waals surface area contributed by atoms with E-state index < -0.39 is 16.3 Å². The molecule has 0 aliphatic heterocycles. The average molecular weight is 225 g/mol. The third kappa shape index (κ3) is 7.77. The molecule has 0 saturated carbocycles. The summed E-state index contributed by atoms with van der Waals surface area (Å²) in [5.74, 6) is 0. The zero-order chi connectivity index (χ0) is 11.2. The summed E-state index contributed by atoms with van der Waals surface area (Å²) in [5.41, 5.74) is 0. The minimum atomic E-state index is -3.90. The van der Waals surface area contributed by atoms with Gasteiger partial charge in [-0.2, -0.15) is 13.1 Å². The molecule has 7 nitrogen and oxygen atoms in total. The van der Waals surface area contributed by atoms with Crippen molar-refractivity contribution in [3.8, 4) is 0 Å². The number of nitrogens with zero attached hydrogens (tertiary/aromatic N) is 1. The third-order valence-electron chi connectivity index (χ3n) is 1.30. The van der Waals surface area contributed by atoms with E-state index in [2.05, 4.69) is 4.72 Å². The Morgan fingerprint density at radius 1 is 1.43 bits per heavy atom. The number of carboxylic acid groups (broad SMARTS) is 1. The molecule has 3 N–H and O–H groups in total. The topological polar surface area (TPSA) is 98.7 Å². The second kappa shape index (κ2) is 5.78. The second-order valence-corrected chi connectivity index (χ2v) is 4.46. The van der Waals surface area contributed by atoms with Gasteiger partial charge in [0.25, 0.3) is 0 Å². The van der Waals surface area contributed by atoms with E-state index >= 15 is 0 Å². The van der Waals surface area contributed by atoms with E-state index in [0.717, 1.165) is 6.54 Å². The first-order valence-corrected chi connectivity index (χ1v) is 5.47. The summed E-state index contributed by atoms with van der Waals surface area (Å²) in [7, 11) is -0.167. The minimum Gasteiger partial charge on any atom is -0.464 e. The van der Waals surface area contributed by atoms with Gasteiger partial charge in [0, 0.05) is 6.54 Å². The Labute approximate surface area is 83.3 Å². The maximum absolute atomic E-state index is 10.9. The van der Waals surface area contributed by atoms with Gasteiger partial charge in [0.05, 0.1) is 0 Å². The molecule has 1 amide bonds. The second-order valence-electron chi connectivity index (χ2n) is 2.96. The quantitative estimate of drug-likeness (QED) is 0.506. The minimum absolute atomic E-state index is 0.209. The molecule has 0 aromatic heterocycles. The van der Waals surface area contributed by atoms with Crippen molar-refractivity contribution in [2.24, 2.45) is 0 Å². The Kier molecular flexibility index (Phi) is 5.43. The van der Waals surface area contributed by atoms with E-state index in [1.807, 2.05) is 19.0 Å². The van der Waals surface area contributed by atoms with Crippen LogP contribution >= 0.6 is 0 Å². The molecule has 8 heteroatoms. The van der Waals surface area contributed by atoms with Crippen LogP contribution < -0.4 is 9.44 Å². The smallest absolute Gasteiger partial charge is 0.419 e. The average Bonchev–Trinajstić information content (AvgIpc) is 1.95. The monoisotopic (exact) mass is 225 g/mol. The molecule has 0 heterocycles. The Morgan fingerprint density at radius 2 is 2.00 bits per heavy atom. The summed E-state index contributed by atoms with van der Waals surface area (Å²) in [4.78, 5) is 11.9. The lowest BCUT2D eigenvalue weighted by Gasteiger charge is -2.09. The lowest BCUT2D eigenvalue weighted by Crippen LogP contribution is -2.40. The molecule has 0 spiro atoms. The van der Waals surface area contributed by atoms with Gasteiger partial charge in [0.2, 0.25) is 0 Å². The van der Waals surface area contributed by atoms with Gasteiger partial charge >= 0.3 is 16.3 Å². The summed E-state index contributed by atoms with van der Waals surface area (Å²) < 4.78 is 25.2. The predicted molar refractivity (Wildman–Crippen MR) is 51.3 cm³/mol. The maximum atomic E-state index is 10.9. The largest absolute Gasteiger partial charge is 0.464 e. The molecule has 0 saturated heterocycles. The van der Waals surface area contributed by atoms with Crippen molar-refractivity contribution in [1.29, 1.82) is 0 Å². The predicted octanol–water partition coefficient (Wildman–Crippen LogP) is -0.960. The first-order valence-electron chi connectivity index (χ1n) is 3.98. The molecular weight excluding hydrogens is 210 g/mol. The summed E-state index contributed by atoms with van der Waals surface area (Å²) in [6.07, 6.45) is -0.974. The van der Waals surface area contributed by atoms with E-state index in [1.165, 1.54) is 4.72 Å². The number of hydrogen-bond acceptors (Lipinski definition) is 4. The third-order valence-corrected chi connectivity index (χ3v) is 2.32. The van der Waals surface area contributed by atoms with Crippen molar-refractivity contribution in [1.82, 2.24) is 14.3 Å². The van der Waals surface area contributed by atoms with Crippen LogP contribution in [-0.4, -0.2) is 51.7 Å². The summed E-state index contributed by atoms with van der Waals surface area (Å²) >= 11 is 0. The molecule has 0 aromatic carbocycles.